The lowest BCUT2D eigenvalue weighted by molar-refractivity contribution is -0.126. The second-order valence-corrected chi connectivity index (χ2v) is 8.02. The molecule has 0 atom stereocenters. The van der Waals surface area contributed by atoms with Crippen LogP contribution in [0.25, 0.3) is 10.9 Å². The molecule has 178 valence electrons. The molecule has 0 amide bonds. The Kier molecular flexibility index (Phi) is 7.35. The fraction of sp³-hybridized carbons (Fsp3) is 0.179. The summed E-state index contributed by atoms with van der Waals surface area (Å²) in [5.74, 6) is 1.50. The van der Waals surface area contributed by atoms with Crippen molar-refractivity contribution in [2.75, 3.05) is 14.2 Å². The summed E-state index contributed by atoms with van der Waals surface area (Å²) in [4.78, 5) is 28.9. The predicted molar refractivity (Wildman–Crippen MR) is 130 cm³/mol. The summed E-state index contributed by atoms with van der Waals surface area (Å²) >= 11 is 0. The normalized spacial score (nSPS) is 10.7. The van der Waals surface area contributed by atoms with Gasteiger partial charge in [-0.25, -0.2) is 4.39 Å². The van der Waals surface area contributed by atoms with Crippen LogP contribution in [-0.4, -0.2) is 30.8 Å². The molecule has 4 aromatic rings. The van der Waals surface area contributed by atoms with E-state index in [0.717, 1.165) is 10.9 Å². The molecule has 0 aliphatic carbocycles. The molecule has 0 spiro atoms. The van der Waals surface area contributed by atoms with Crippen LogP contribution in [0.4, 0.5) is 4.39 Å². The van der Waals surface area contributed by atoms with Crippen LogP contribution in [0.2, 0.25) is 0 Å². The maximum atomic E-state index is 13.3. The predicted octanol–water partition coefficient (Wildman–Crippen LogP) is 5.50. The van der Waals surface area contributed by atoms with Crippen LogP contribution < -0.4 is 14.2 Å². The average molecular weight is 474 g/mol. The van der Waals surface area contributed by atoms with Gasteiger partial charge in [-0.3, -0.25) is 14.6 Å². The van der Waals surface area contributed by atoms with Crippen molar-refractivity contribution in [3.8, 4) is 23.0 Å². The topological polar surface area (TPSA) is 74.7 Å². The summed E-state index contributed by atoms with van der Waals surface area (Å²) in [6.07, 6.45) is 1.62. The smallest absolute Gasteiger partial charge is 0.162 e. The molecule has 3 aromatic carbocycles. The zero-order valence-corrected chi connectivity index (χ0v) is 19.4. The van der Waals surface area contributed by atoms with Crippen LogP contribution in [0.1, 0.15) is 17.5 Å². The van der Waals surface area contributed by atoms with E-state index >= 15 is 0 Å². The van der Waals surface area contributed by atoms with Gasteiger partial charge >= 0.3 is 0 Å². The molecule has 7 heteroatoms. The number of carbonyl (C=O) groups excluding carboxylic acids is 2. The van der Waals surface area contributed by atoms with Gasteiger partial charge in [0, 0.05) is 30.5 Å². The van der Waals surface area contributed by atoms with E-state index in [0.29, 0.717) is 34.1 Å². The molecular weight excluding hydrogens is 449 g/mol. The van der Waals surface area contributed by atoms with Gasteiger partial charge in [-0.15, -0.1) is 0 Å². The number of halogens is 1. The van der Waals surface area contributed by atoms with Crippen molar-refractivity contribution >= 4 is 22.5 Å². The maximum absolute atomic E-state index is 13.3. The first-order valence-electron chi connectivity index (χ1n) is 11.0. The van der Waals surface area contributed by atoms with Crippen molar-refractivity contribution in [2.24, 2.45) is 0 Å². The first kappa shape index (κ1) is 23.9. The number of pyridine rings is 1. The molecule has 0 saturated carbocycles. The number of fused-ring (bicyclic) bond motifs is 1. The van der Waals surface area contributed by atoms with Crippen LogP contribution >= 0.6 is 0 Å². The van der Waals surface area contributed by atoms with E-state index in [-0.39, 0.29) is 30.8 Å². The van der Waals surface area contributed by atoms with Crippen molar-refractivity contribution in [3.05, 3.63) is 89.9 Å². The van der Waals surface area contributed by atoms with Crippen molar-refractivity contribution < 1.29 is 28.2 Å². The maximum Gasteiger partial charge on any atom is 0.162 e. The molecular formula is C28H24FNO5. The monoisotopic (exact) mass is 473 g/mol. The minimum atomic E-state index is -0.400. The summed E-state index contributed by atoms with van der Waals surface area (Å²) in [6.45, 7) is 0. The third-order valence-corrected chi connectivity index (χ3v) is 5.44. The van der Waals surface area contributed by atoms with Crippen molar-refractivity contribution in [3.63, 3.8) is 0 Å². The van der Waals surface area contributed by atoms with E-state index in [2.05, 4.69) is 4.98 Å². The summed E-state index contributed by atoms with van der Waals surface area (Å²) in [6, 6.07) is 18.3. The second kappa shape index (κ2) is 10.8. The number of aromatic nitrogens is 1. The van der Waals surface area contributed by atoms with E-state index in [1.165, 1.54) is 12.1 Å². The van der Waals surface area contributed by atoms with Gasteiger partial charge in [0.25, 0.3) is 0 Å². The molecule has 0 unspecified atom stereocenters. The molecule has 0 radical (unpaired) electrons. The quantitative estimate of drug-likeness (QED) is 0.283. The first-order chi connectivity index (χ1) is 16.9. The molecule has 0 saturated heterocycles. The molecule has 1 heterocycles. The molecule has 0 aliphatic rings. The number of benzene rings is 3. The molecule has 35 heavy (non-hydrogen) atoms. The van der Waals surface area contributed by atoms with Crippen LogP contribution in [-0.2, 0) is 22.4 Å². The SMILES string of the molecule is COc1cc2nccc(Oc3ccc(CC(=O)CC(=O)Cc4cccc(F)c4)cc3)c2cc1OC. The summed E-state index contributed by atoms with van der Waals surface area (Å²) in [7, 11) is 3.13. The van der Waals surface area contributed by atoms with Gasteiger partial charge in [-0.05, 0) is 47.5 Å². The lowest BCUT2D eigenvalue weighted by Crippen LogP contribution is -2.12. The van der Waals surface area contributed by atoms with Crippen LogP contribution in [0.3, 0.4) is 0 Å². The van der Waals surface area contributed by atoms with Crippen molar-refractivity contribution in [1.82, 2.24) is 4.98 Å². The molecule has 0 N–H and O–H groups in total. The Bertz CT molecular complexity index is 1370. The molecule has 0 bridgehead atoms. The number of nitrogens with zero attached hydrogens (tertiary/aromatic N) is 1. The lowest BCUT2D eigenvalue weighted by Gasteiger charge is -2.12. The number of rotatable bonds is 10. The van der Waals surface area contributed by atoms with E-state index in [1.807, 2.05) is 6.07 Å². The Morgan fingerprint density at radius 2 is 1.49 bits per heavy atom. The lowest BCUT2D eigenvalue weighted by atomic mass is 10.0. The number of ether oxygens (including phenoxy) is 3. The van der Waals surface area contributed by atoms with Crippen LogP contribution in [0.5, 0.6) is 23.0 Å². The zero-order valence-electron chi connectivity index (χ0n) is 19.4. The third kappa shape index (κ3) is 6.00. The fourth-order valence-corrected chi connectivity index (χ4v) is 3.79. The van der Waals surface area contributed by atoms with Gasteiger partial charge in [0.05, 0.1) is 26.2 Å². The van der Waals surface area contributed by atoms with Gasteiger partial charge < -0.3 is 14.2 Å². The van der Waals surface area contributed by atoms with Gasteiger partial charge in [0.2, 0.25) is 0 Å². The van der Waals surface area contributed by atoms with Crippen molar-refractivity contribution in [2.45, 2.75) is 19.3 Å². The number of ketones is 2. The Hall–Kier alpha value is -4.26. The Labute approximate surface area is 202 Å². The number of carbonyl (C=O) groups is 2. The Morgan fingerprint density at radius 1 is 0.800 bits per heavy atom. The van der Waals surface area contributed by atoms with Gasteiger partial charge in [0.1, 0.15) is 28.9 Å². The van der Waals surface area contributed by atoms with Crippen molar-refractivity contribution in [1.29, 1.82) is 0 Å². The van der Waals surface area contributed by atoms with E-state index in [4.69, 9.17) is 14.2 Å². The molecule has 0 fully saturated rings. The number of Topliss-reactive ketones (excluding diaryl/α,β-unsaturated/α-hetero) is 2. The van der Waals surface area contributed by atoms with E-state index in [1.54, 1.807) is 68.9 Å². The highest BCUT2D eigenvalue weighted by molar-refractivity contribution is 6.00. The minimum Gasteiger partial charge on any atom is -0.493 e. The average Bonchev–Trinajstić information content (AvgIpc) is 2.84. The highest BCUT2D eigenvalue weighted by atomic mass is 19.1. The van der Waals surface area contributed by atoms with Gasteiger partial charge in [-0.1, -0.05) is 24.3 Å². The van der Waals surface area contributed by atoms with E-state index in [9.17, 15) is 14.0 Å². The Balaban J connectivity index is 1.40. The van der Waals surface area contributed by atoms with Crippen LogP contribution in [0.15, 0.2) is 72.9 Å². The standard InChI is InChI=1S/C28H24FNO5/c1-33-27-16-24-25(17-28(27)34-2)30-11-10-26(24)35-23-8-6-18(7-9-23)13-21(31)15-22(32)14-19-4-3-5-20(29)12-19/h3-12,16-17H,13-15H2,1-2H3. The fourth-order valence-electron chi connectivity index (χ4n) is 3.79. The van der Waals surface area contributed by atoms with Crippen LogP contribution in [0, 0.1) is 5.82 Å². The largest absolute Gasteiger partial charge is 0.493 e. The molecule has 4 rings (SSSR count). The minimum absolute atomic E-state index is 0.0346. The third-order valence-electron chi connectivity index (χ3n) is 5.44. The summed E-state index contributed by atoms with van der Waals surface area (Å²) in [5, 5.41) is 0.765. The highest BCUT2D eigenvalue weighted by Gasteiger charge is 2.13. The number of methoxy groups -OCH3 is 2. The first-order valence-corrected chi connectivity index (χ1v) is 11.0. The van der Waals surface area contributed by atoms with Gasteiger partial charge in [-0.2, -0.15) is 0 Å². The number of hydrogen-bond donors (Lipinski definition) is 0. The second-order valence-electron chi connectivity index (χ2n) is 8.02. The van der Waals surface area contributed by atoms with E-state index < -0.39 is 5.82 Å². The molecule has 6 nitrogen and oxygen atoms in total. The summed E-state index contributed by atoms with van der Waals surface area (Å²) < 4.78 is 30.1. The Morgan fingerprint density at radius 3 is 2.17 bits per heavy atom. The highest BCUT2D eigenvalue weighted by Crippen LogP contribution is 2.36. The number of hydrogen-bond acceptors (Lipinski definition) is 6. The summed E-state index contributed by atoms with van der Waals surface area (Å²) in [5.41, 5.74) is 2.03. The zero-order chi connectivity index (χ0) is 24.8. The molecule has 1 aromatic heterocycles. The molecule has 0 aliphatic heterocycles. The van der Waals surface area contributed by atoms with Gasteiger partial charge in [0.15, 0.2) is 11.5 Å².